The fourth-order valence-corrected chi connectivity index (χ4v) is 4.91. The summed E-state index contributed by atoms with van der Waals surface area (Å²) in [7, 11) is 0. The van der Waals surface area contributed by atoms with Gasteiger partial charge in [-0.1, -0.05) is 30.0 Å². The Morgan fingerprint density at radius 1 is 1.37 bits per heavy atom. The minimum absolute atomic E-state index is 0.107. The summed E-state index contributed by atoms with van der Waals surface area (Å²) < 4.78 is 6.64. The molecule has 0 aliphatic carbocycles. The zero-order valence-corrected chi connectivity index (χ0v) is 19.2. The summed E-state index contributed by atoms with van der Waals surface area (Å²) >= 11 is 10.4. The van der Waals surface area contributed by atoms with Crippen LogP contribution in [0.15, 0.2) is 46.2 Å². The van der Waals surface area contributed by atoms with Crippen molar-refractivity contribution in [3.8, 4) is 11.5 Å². The van der Waals surface area contributed by atoms with E-state index in [1.807, 2.05) is 60.0 Å². The first-order valence-electron chi connectivity index (χ1n) is 8.02. The molecule has 27 heavy (non-hydrogen) atoms. The molecule has 1 N–H and O–H groups in total. The molecule has 1 saturated heterocycles. The molecular weight excluding hydrogens is 513 g/mol. The van der Waals surface area contributed by atoms with Crippen LogP contribution in [0.1, 0.15) is 12.5 Å². The number of ether oxygens (including phenoxy) is 1. The lowest BCUT2D eigenvalue weighted by Crippen LogP contribution is -2.27. The van der Waals surface area contributed by atoms with Gasteiger partial charge in [-0.25, -0.2) is 0 Å². The molecule has 140 valence electrons. The van der Waals surface area contributed by atoms with Gasteiger partial charge in [0.25, 0.3) is 5.91 Å². The Morgan fingerprint density at radius 3 is 2.85 bits per heavy atom. The number of benzene rings is 2. The highest BCUT2D eigenvalue weighted by Crippen LogP contribution is 2.39. The third kappa shape index (κ3) is 4.44. The maximum absolute atomic E-state index is 12.9. The first-order chi connectivity index (χ1) is 12.9. The fourth-order valence-electron chi connectivity index (χ4n) is 2.53. The molecule has 2 aromatic rings. The molecule has 1 aliphatic heterocycles. The van der Waals surface area contributed by atoms with E-state index in [1.54, 1.807) is 34.9 Å². The highest BCUT2D eigenvalue weighted by Gasteiger charge is 2.33. The van der Waals surface area contributed by atoms with Gasteiger partial charge in [0.15, 0.2) is 15.8 Å². The summed E-state index contributed by atoms with van der Waals surface area (Å²) in [6.45, 7) is 2.30. The molecule has 0 atom stereocenters. The fraction of sp³-hybridized carbons (Fsp3) is 0.158. The number of anilines is 1. The van der Waals surface area contributed by atoms with Gasteiger partial charge in [0.05, 0.1) is 20.8 Å². The van der Waals surface area contributed by atoms with Crippen molar-refractivity contribution in [2.75, 3.05) is 17.8 Å². The second kappa shape index (κ2) is 8.85. The zero-order chi connectivity index (χ0) is 19.6. The van der Waals surface area contributed by atoms with E-state index in [0.29, 0.717) is 25.2 Å². The molecule has 8 heteroatoms. The van der Waals surface area contributed by atoms with Crippen LogP contribution in [0.4, 0.5) is 5.69 Å². The molecule has 0 bridgehead atoms. The molecule has 1 fully saturated rings. The van der Waals surface area contributed by atoms with Crippen LogP contribution >= 0.6 is 58.3 Å². The Morgan fingerprint density at radius 2 is 2.15 bits per heavy atom. The number of thiocarbonyl (C=S) groups is 1. The van der Waals surface area contributed by atoms with Gasteiger partial charge >= 0.3 is 0 Å². The molecule has 0 spiro atoms. The summed E-state index contributed by atoms with van der Waals surface area (Å²) in [6, 6.07) is 11.3. The lowest BCUT2D eigenvalue weighted by Gasteiger charge is -2.15. The van der Waals surface area contributed by atoms with Crippen molar-refractivity contribution in [3.63, 3.8) is 0 Å². The number of thioether (sulfide) groups is 2. The normalized spacial score (nSPS) is 15.7. The molecule has 1 amide bonds. The Labute approximate surface area is 185 Å². The molecule has 0 saturated carbocycles. The topological polar surface area (TPSA) is 49.8 Å². The third-order valence-corrected chi connectivity index (χ3v) is 6.60. The molecular formula is C19H16INO3S3. The van der Waals surface area contributed by atoms with E-state index >= 15 is 0 Å². The van der Waals surface area contributed by atoms with Crippen molar-refractivity contribution >= 4 is 80.3 Å². The van der Waals surface area contributed by atoms with Crippen LogP contribution in [0.3, 0.4) is 0 Å². The largest absolute Gasteiger partial charge is 0.504 e. The highest BCUT2D eigenvalue weighted by atomic mass is 127. The number of aromatic hydroxyl groups is 1. The van der Waals surface area contributed by atoms with E-state index in [1.165, 1.54) is 11.8 Å². The number of phenolic OH excluding ortho intramolecular Hbond substituents is 1. The van der Waals surface area contributed by atoms with Crippen LogP contribution < -0.4 is 9.64 Å². The first-order valence-corrected chi connectivity index (χ1v) is 11.5. The van der Waals surface area contributed by atoms with E-state index < -0.39 is 0 Å². The van der Waals surface area contributed by atoms with Gasteiger partial charge in [-0.15, -0.1) is 11.8 Å². The second-order valence-electron chi connectivity index (χ2n) is 5.50. The first kappa shape index (κ1) is 20.5. The predicted octanol–water partition coefficient (Wildman–Crippen LogP) is 5.52. The van der Waals surface area contributed by atoms with E-state index in [-0.39, 0.29) is 11.7 Å². The third-order valence-electron chi connectivity index (χ3n) is 3.75. The van der Waals surface area contributed by atoms with E-state index in [4.69, 9.17) is 17.0 Å². The summed E-state index contributed by atoms with van der Waals surface area (Å²) in [5, 5.41) is 10.1. The number of nitrogens with zero attached hydrogens (tertiary/aromatic N) is 1. The summed E-state index contributed by atoms with van der Waals surface area (Å²) in [5.74, 6) is 0.360. The molecule has 1 aliphatic rings. The second-order valence-corrected chi connectivity index (χ2v) is 9.22. The van der Waals surface area contributed by atoms with Crippen molar-refractivity contribution in [1.29, 1.82) is 0 Å². The quantitative estimate of drug-likeness (QED) is 0.238. The average molecular weight is 529 g/mol. The highest BCUT2D eigenvalue weighted by molar-refractivity contribution is 14.1. The minimum Gasteiger partial charge on any atom is -0.504 e. The Balaban J connectivity index is 1.95. The number of carbonyl (C=O) groups is 1. The molecule has 0 unspecified atom stereocenters. The molecule has 3 rings (SSSR count). The van der Waals surface area contributed by atoms with Crippen molar-refractivity contribution in [2.45, 2.75) is 11.8 Å². The zero-order valence-electron chi connectivity index (χ0n) is 14.6. The maximum atomic E-state index is 12.9. The summed E-state index contributed by atoms with van der Waals surface area (Å²) in [5.41, 5.74) is 1.54. The standard InChI is InChI=1S/C19H16INO3S3/c1-3-24-15-8-11(7-14(20)17(15)22)9-16-18(23)21(19(25)27-16)12-5-4-6-13(10-12)26-2/h4-10,22H,3H2,1-2H3/b16-9+. The van der Waals surface area contributed by atoms with Gasteiger partial charge in [-0.2, -0.15) is 0 Å². The van der Waals surface area contributed by atoms with Crippen LogP contribution in [-0.4, -0.2) is 28.2 Å². The number of phenols is 1. The Kier molecular flexibility index (Phi) is 6.72. The van der Waals surface area contributed by atoms with E-state index in [9.17, 15) is 9.90 Å². The molecule has 1 heterocycles. The monoisotopic (exact) mass is 529 g/mol. The molecule has 4 nitrogen and oxygen atoms in total. The molecule has 2 aromatic carbocycles. The number of hydrogen-bond donors (Lipinski definition) is 1. The van der Waals surface area contributed by atoms with Crippen LogP contribution in [0.2, 0.25) is 0 Å². The molecule has 0 radical (unpaired) electrons. The summed E-state index contributed by atoms with van der Waals surface area (Å²) in [4.78, 5) is 16.1. The van der Waals surface area contributed by atoms with Crippen molar-refractivity contribution in [2.24, 2.45) is 0 Å². The van der Waals surface area contributed by atoms with Gasteiger partial charge in [0.1, 0.15) is 0 Å². The van der Waals surface area contributed by atoms with Crippen LogP contribution in [0.5, 0.6) is 11.5 Å². The van der Waals surface area contributed by atoms with Crippen LogP contribution in [0, 0.1) is 3.57 Å². The maximum Gasteiger partial charge on any atom is 0.270 e. The minimum atomic E-state index is -0.149. The van der Waals surface area contributed by atoms with E-state index in [2.05, 4.69) is 0 Å². The lowest BCUT2D eigenvalue weighted by molar-refractivity contribution is -0.113. The van der Waals surface area contributed by atoms with Crippen molar-refractivity contribution in [3.05, 3.63) is 50.4 Å². The lowest BCUT2D eigenvalue weighted by atomic mass is 10.2. The smallest absolute Gasteiger partial charge is 0.270 e. The Bertz CT molecular complexity index is 946. The van der Waals surface area contributed by atoms with Gasteiger partial charge in [-0.05, 0) is 77.7 Å². The molecule has 0 aromatic heterocycles. The number of amides is 1. The number of hydrogen-bond acceptors (Lipinski definition) is 6. The van der Waals surface area contributed by atoms with Crippen molar-refractivity contribution < 1.29 is 14.6 Å². The van der Waals surface area contributed by atoms with Gasteiger partial charge < -0.3 is 9.84 Å². The van der Waals surface area contributed by atoms with Gasteiger partial charge in [0, 0.05) is 4.90 Å². The predicted molar refractivity (Wildman–Crippen MR) is 126 cm³/mol. The van der Waals surface area contributed by atoms with Crippen LogP contribution in [-0.2, 0) is 4.79 Å². The SMILES string of the molecule is CCOc1cc(/C=C2/SC(=S)N(c3cccc(SC)c3)C2=O)cc(I)c1O. The number of rotatable bonds is 5. The Hall–Kier alpha value is -1.23. The summed E-state index contributed by atoms with van der Waals surface area (Å²) in [6.07, 6.45) is 3.77. The number of halogens is 1. The van der Waals surface area contributed by atoms with Gasteiger partial charge in [0.2, 0.25) is 0 Å². The number of carbonyl (C=O) groups excluding carboxylic acids is 1. The average Bonchev–Trinajstić information content (AvgIpc) is 2.93. The van der Waals surface area contributed by atoms with E-state index in [0.717, 1.165) is 16.1 Å². The van der Waals surface area contributed by atoms with Gasteiger partial charge in [-0.3, -0.25) is 9.69 Å². The van der Waals surface area contributed by atoms with Crippen molar-refractivity contribution in [1.82, 2.24) is 0 Å². The van der Waals surface area contributed by atoms with Crippen LogP contribution in [0.25, 0.3) is 6.08 Å².